The molecule has 1 N–H and O–H groups in total. The van der Waals surface area contributed by atoms with Gasteiger partial charge in [0, 0.05) is 23.8 Å². The maximum Gasteiger partial charge on any atom is 0.230 e. The standard InChI is InChI=1S/C20H21N3O3S/c1-25-18-8-7-16(11-19(18)26-2)27-13-20(24)22-12-15-5-3-4-6-17(15)23-10-9-21-14-23/h3-11,14H,12-13H2,1-2H3,(H,22,24). The van der Waals surface area contributed by atoms with Crippen molar-refractivity contribution in [2.45, 2.75) is 11.4 Å². The van der Waals surface area contributed by atoms with Gasteiger partial charge in [0.25, 0.3) is 0 Å². The number of carbonyl (C=O) groups excluding carboxylic acids is 1. The maximum atomic E-state index is 12.3. The van der Waals surface area contributed by atoms with E-state index in [0.717, 1.165) is 16.1 Å². The lowest BCUT2D eigenvalue weighted by molar-refractivity contribution is -0.118. The van der Waals surface area contributed by atoms with Gasteiger partial charge >= 0.3 is 0 Å². The van der Waals surface area contributed by atoms with Crippen molar-refractivity contribution in [2.24, 2.45) is 0 Å². The van der Waals surface area contributed by atoms with Gasteiger partial charge < -0.3 is 19.4 Å². The van der Waals surface area contributed by atoms with Gasteiger partial charge in [-0.25, -0.2) is 4.98 Å². The zero-order valence-electron chi connectivity index (χ0n) is 15.2. The molecule has 1 amide bonds. The van der Waals surface area contributed by atoms with Gasteiger partial charge in [-0.1, -0.05) is 18.2 Å². The molecule has 6 nitrogen and oxygen atoms in total. The Labute approximate surface area is 162 Å². The molecule has 0 radical (unpaired) electrons. The third-order valence-electron chi connectivity index (χ3n) is 3.98. The van der Waals surface area contributed by atoms with Gasteiger partial charge in [0.1, 0.15) is 0 Å². The van der Waals surface area contributed by atoms with Crippen LogP contribution in [-0.2, 0) is 11.3 Å². The van der Waals surface area contributed by atoms with Crippen LogP contribution in [0.3, 0.4) is 0 Å². The van der Waals surface area contributed by atoms with Crippen LogP contribution in [0.25, 0.3) is 5.69 Å². The Morgan fingerprint density at radius 2 is 1.96 bits per heavy atom. The average Bonchev–Trinajstić information content (AvgIpc) is 3.25. The SMILES string of the molecule is COc1ccc(SCC(=O)NCc2ccccc2-n2ccnc2)cc1OC. The lowest BCUT2D eigenvalue weighted by Crippen LogP contribution is -2.25. The third-order valence-corrected chi connectivity index (χ3v) is 4.97. The summed E-state index contributed by atoms with van der Waals surface area (Å²) in [5, 5.41) is 2.97. The predicted molar refractivity (Wildman–Crippen MR) is 106 cm³/mol. The lowest BCUT2D eigenvalue weighted by Gasteiger charge is -2.12. The third kappa shape index (κ3) is 4.83. The molecule has 3 aromatic rings. The molecule has 0 spiro atoms. The van der Waals surface area contributed by atoms with Gasteiger partial charge in [-0.2, -0.15) is 0 Å². The van der Waals surface area contributed by atoms with E-state index in [9.17, 15) is 4.79 Å². The van der Waals surface area contributed by atoms with Gasteiger partial charge in [-0.05, 0) is 29.8 Å². The minimum Gasteiger partial charge on any atom is -0.493 e. The molecule has 0 aliphatic carbocycles. The molecule has 27 heavy (non-hydrogen) atoms. The molecule has 3 rings (SSSR count). The first-order valence-electron chi connectivity index (χ1n) is 8.39. The Bertz CT molecular complexity index is 897. The monoisotopic (exact) mass is 383 g/mol. The number of hydrogen-bond donors (Lipinski definition) is 1. The second-order valence-corrected chi connectivity index (χ2v) is 6.73. The number of benzene rings is 2. The van der Waals surface area contributed by atoms with Crippen molar-refractivity contribution in [3.05, 3.63) is 66.7 Å². The fourth-order valence-corrected chi connectivity index (χ4v) is 3.37. The van der Waals surface area contributed by atoms with Crippen molar-refractivity contribution in [2.75, 3.05) is 20.0 Å². The first-order chi connectivity index (χ1) is 13.2. The van der Waals surface area contributed by atoms with Gasteiger partial charge in [0.15, 0.2) is 11.5 Å². The molecule has 0 atom stereocenters. The Hall–Kier alpha value is -2.93. The average molecular weight is 383 g/mol. The number of nitrogens with zero attached hydrogens (tertiary/aromatic N) is 2. The van der Waals surface area contributed by atoms with E-state index in [4.69, 9.17) is 9.47 Å². The number of imidazole rings is 1. The number of carbonyl (C=O) groups is 1. The molecular weight excluding hydrogens is 362 g/mol. The van der Waals surface area contributed by atoms with Crippen LogP contribution in [0, 0.1) is 0 Å². The van der Waals surface area contributed by atoms with Crippen molar-refractivity contribution in [3.8, 4) is 17.2 Å². The van der Waals surface area contributed by atoms with Crippen LogP contribution < -0.4 is 14.8 Å². The number of thioether (sulfide) groups is 1. The number of methoxy groups -OCH3 is 2. The zero-order chi connectivity index (χ0) is 19.1. The normalized spacial score (nSPS) is 10.4. The van der Waals surface area contributed by atoms with Gasteiger partial charge in [-0.3, -0.25) is 4.79 Å². The fraction of sp³-hybridized carbons (Fsp3) is 0.200. The Kier molecular flexibility index (Phi) is 6.38. The summed E-state index contributed by atoms with van der Waals surface area (Å²) in [5.41, 5.74) is 2.03. The van der Waals surface area contributed by atoms with Crippen LogP contribution >= 0.6 is 11.8 Å². The molecule has 1 aromatic heterocycles. The summed E-state index contributed by atoms with van der Waals surface area (Å²) in [6.45, 7) is 0.458. The number of para-hydroxylation sites is 1. The summed E-state index contributed by atoms with van der Waals surface area (Å²) in [4.78, 5) is 17.3. The van der Waals surface area contributed by atoms with E-state index in [1.165, 1.54) is 11.8 Å². The second-order valence-electron chi connectivity index (χ2n) is 5.68. The summed E-state index contributed by atoms with van der Waals surface area (Å²) >= 11 is 1.45. The van der Waals surface area contributed by atoms with Crippen LogP contribution in [-0.4, -0.2) is 35.4 Å². The smallest absolute Gasteiger partial charge is 0.230 e. The minimum atomic E-state index is -0.0322. The molecule has 0 aliphatic rings. The molecule has 1 heterocycles. The molecule has 7 heteroatoms. The highest BCUT2D eigenvalue weighted by Crippen LogP contribution is 2.31. The second kappa shape index (κ2) is 9.14. The van der Waals surface area contributed by atoms with E-state index >= 15 is 0 Å². The van der Waals surface area contributed by atoms with E-state index in [2.05, 4.69) is 10.3 Å². The Morgan fingerprint density at radius 1 is 1.15 bits per heavy atom. The molecule has 0 saturated carbocycles. The number of ether oxygens (including phenoxy) is 2. The van der Waals surface area contributed by atoms with Crippen molar-refractivity contribution >= 4 is 17.7 Å². The quantitative estimate of drug-likeness (QED) is 0.605. The maximum absolute atomic E-state index is 12.3. The molecule has 0 saturated heterocycles. The fourth-order valence-electron chi connectivity index (χ4n) is 2.61. The summed E-state index contributed by atoms with van der Waals surface area (Å²) in [6.07, 6.45) is 5.36. The van der Waals surface area contributed by atoms with Crippen molar-refractivity contribution in [3.63, 3.8) is 0 Å². The molecule has 0 unspecified atom stereocenters. The summed E-state index contributed by atoms with van der Waals surface area (Å²) in [5.74, 6) is 1.61. The van der Waals surface area contributed by atoms with Crippen LogP contribution in [0.4, 0.5) is 0 Å². The predicted octanol–water partition coefficient (Wildman–Crippen LogP) is 3.30. The summed E-state index contributed by atoms with van der Waals surface area (Å²) in [7, 11) is 3.19. The highest BCUT2D eigenvalue weighted by atomic mass is 32.2. The largest absolute Gasteiger partial charge is 0.493 e. The zero-order valence-corrected chi connectivity index (χ0v) is 16.0. The highest BCUT2D eigenvalue weighted by Gasteiger charge is 2.09. The van der Waals surface area contributed by atoms with Crippen LogP contribution in [0.1, 0.15) is 5.56 Å². The van der Waals surface area contributed by atoms with Crippen molar-refractivity contribution < 1.29 is 14.3 Å². The van der Waals surface area contributed by atoms with E-state index in [1.54, 1.807) is 26.7 Å². The van der Waals surface area contributed by atoms with Crippen molar-refractivity contribution in [1.82, 2.24) is 14.9 Å². The first kappa shape index (κ1) is 18.8. The van der Waals surface area contributed by atoms with E-state index in [1.807, 2.05) is 53.2 Å². The van der Waals surface area contributed by atoms with Gasteiger partial charge in [-0.15, -0.1) is 11.8 Å². The molecular formula is C20H21N3O3S. The number of nitrogens with one attached hydrogen (secondary N) is 1. The van der Waals surface area contributed by atoms with E-state index in [0.29, 0.717) is 23.8 Å². The molecule has 0 bridgehead atoms. The molecule has 2 aromatic carbocycles. The minimum absolute atomic E-state index is 0.0322. The number of rotatable bonds is 8. The van der Waals surface area contributed by atoms with Crippen LogP contribution in [0.15, 0.2) is 66.1 Å². The number of hydrogen-bond acceptors (Lipinski definition) is 5. The number of amides is 1. The Morgan fingerprint density at radius 3 is 2.70 bits per heavy atom. The van der Waals surface area contributed by atoms with Gasteiger partial charge in [0.2, 0.25) is 5.91 Å². The number of aromatic nitrogens is 2. The van der Waals surface area contributed by atoms with E-state index < -0.39 is 0 Å². The van der Waals surface area contributed by atoms with Crippen LogP contribution in [0.5, 0.6) is 11.5 Å². The topological polar surface area (TPSA) is 65.4 Å². The summed E-state index contributed by atoms with van der Waals surface area (Å²) in [6, 6.07) is 13.5. The lowest BCUT2D eigenvalue weighted by atomic mass is 10.1. The molecule has 0 fully saturated rings. The Balaban J connectivity index is 1.57. The van der Waals surface area contributed by atoms with E-state index in [-0.39, 0.29) is 5.91 Å². The molecule has 0 aliphatic heterocycles. The first-order valence-corrected chi connectivity index (χ1v) is 9.37. The van der Waals surface area contributed by atoms with Crippen molar-refractivity contribution in [1.29, 1.82) is 0 Å². The molecule has 140 valence electrons. The van der Waals surface area contributed by atoms with Crippen LogP contribution in [0.2, 0.25) is 0 Å². The highest BCUT2D eigenvalue weighted by molar-refractivity contribution is 8.00. The van der Waals surface area contributed by atoms with Gasteiger partial charge in [0.05, 0.1) is 32.0 Å². The summed E-state index contributed by atoms with van der Waals surface area (Å²) < 4.78 is 12.4.